The van der Waals surface area contributed by atoms with E-state index in [2.05, 4.69) is 46.9 Å². The highest BCUT2D eigenvalue weighted by Crippen LogP contribution is 2.37. The van der Waals surface area contributed by atoms with Crippen molar-refractivity contribution in [2.24, 2.45) is 23.2 Å². The molecule has 3 atom stereocenters. The molecule has 102 valence electrons. The largest absolute Gasteiger partial charge is 0.314 e. The molecule has 0 radical (unpaired) electrons. The molecule has 1 rings (SSSR count). The fourth-order valence-corrected chi connectivity index (χ4v) is 3.67. The van der Waals surface area contributed by atoms with Crippen LogP contribution in [-0.4, -0.2) is 12.6 Å². The van der Waals surface area contributed by atoms with Gasteiger partial charge in [0.2, 0.25) is 0 Å². The number of nitrogens with one attached hydrogen (secondary N) is 1. The van der Waals surface area contributed by atoms with Gasteiger partial charge >= 0.3 is 0 Å². The van der Waals surface area contributed by atoms with E-state index in [0.717, 1.165) is 30.3 Å². The van der Waals surface area contributed by atoms with Gasteiger partial charge in [-0.15, -0.1) is 0 Å². The molecule has 3 unspecified atom stereocenters. The Morgan fingerprint density at radius 1 is 1.06 bits per heavy atom. The molecule has 0 aliphatic heterocycles. The molecule has 0 aromatic carbocycles. The quantitative estimate of drug-likeness (QED) is 0.763. The lowest BCUT2D eigenvalue weighted by Gasteiger charge is -2.39. The van der Waals surface area contributed by atoms with Crippen LogP contribution in [0.1, 0.15) is 67.2 Å². The van der Waals surface area contributed by atoms with E-state index in [9.17, 15) is 0 Å². The molecule has 0 heterocycles. The first-order valence-electron chi connectivity index (χ1n) is 7.55. The molecule has 1 aliphatic carbocycles. The van der Waals surface area contributed by atoms with Crippen molar-refractivity contribution in [1.82, 2.24) is 5.32 Å². The Balaban J connectivity index is 2.62. The molecular weight excluding hydrogens is 206 g/mol. The molecule has 1 saturated carbocycles. The standard InChI is InChI=1S/C16H33N/c1-7-17-15(11-16(4,5)6)14-9-12(2)8-13(3)10-14/h12-15,17H,7-11H2,1-6H3. The molecule has 17 heavy (non-hydrogen) atoms. The maximum absolute atomic E-state index is 3.75. The van der Waals surface area contributed by atoms with Crippen molar-refractivity contribution in [1.29, 1.82) is 0 Å². The maximum Gasteiger partial charge on any atom is 0.0100 e. The Morgan fingerprint density at radius 2 is 1.59 bits per heavy atom. The van der Waals surface area contributed by atoms with Crippen molar-refractivity contribution in [2.45, 2.75) is 73.3 Å². The molecule has 0 amide bonds. The summed E-state index contributed by atoms with van der Waals surface area (Å²) in [5.41, 5.74) is 0.441. The van der Waals surface area contributed by atoms with Gasteiger partial charge in [-0.05, 0) is 55.4 Å². The minimum atomic E-state index is 0.441. The van der Waals surface area contributed by atoms with Crippen molar-refractivity contribution in [2.75, 3.05) is 6.54 Å². The molecule has 1 heteroatoms. The van der Waals surface area contributed by atoms with Crippen LogP contribution < -0.4 is 5.32 Å². The molecular formula is C16H33N. The summed E-state index contributed by atoms with van der Waals surface area (Å²) in [5.74, 6) is 2.74. The van der Waals surface area contributed by atoms with Crippen LogP contribution in [0.15, 0.2) is 0 Å². The first-order valence-corrected chi connectivity index (χ1v) is 7.55. The first kappa shape index (κ1) is 15.0. The summed E-state index contributed by atoms with van der Waals surface area (Å²) >= 11 is 0. The zero-order valence-electron chi connectivity index (χ0n) is 12.8. The Kier molecular flexibility index (Phi) is 5.50. The van der Waals surface area contributed by atoms with E-state index in [4.69, 9.17) is 0 Å². The molecule has 1 nitrogen and oxygen atoms in total. The highest BCUT2D eigenvalue weighted by molar-refractivity contribution is 4.86. The van der Waals surface area contributed by atoms with E-state index in [1.807, 2.05) is 0 Å². The zero-order chi connectivity index (χ0) is 13.1. The second-order valence-electron chi connectivity index (χ2n) is 7.61. The van der Waals surface area contributed by atoms with Crippen molar-refractivity contribution in [3.05, 3.63) is 0 Å². The van der Waals surface area contributed by atoms with Crippen molar-refractivity contribution >= 4 is 0 Å². The SMILES string of the molecule is CCNC(CC(C)(C)C)C1CC(C)CC(C)C1. The Bertz CT molecular complexity index is 206. The number of hydrogen-bond donors (Lipinski definition) is 1. The Labute approximate surface area is 109 Å². The van der Waals surface area contributed by atoms with Gasteiger partial charge in [-0.3, -0.25) is 0 Å². The minimum Gasteiger partial charge on any atom is -0.314 e. The normalized spacial score (nSPS) is 32.5. The Morgan fingerprint density at radius 3 is 2.00 bits per heavy atom. The molecule has 1 fully saturated rings. The Hall–Kier alpha value is -0.0400. The van der Waals surface area contributed by atoms with Gasteiger partial charge in [0, 0.05) is 6.04 Å². The van der Waals surface area contributed by atoms with E-state index in [-0.39, 0.29) is 0 Å². The molecule has 0 bridgehead atoms. The predicted octanol–water partition coefficient (Wildman–Crippen LogP) is 4.47. The van der Waals surface area contributed by atoms with Crippen molar-refractivity contribution in [3.8, 4) is 0 Å². The van der Waals surface area contributed by atoms with E-state index < -0.39 is 0 Å². The average Bonchev–Trinajstić information content (AvgIpc) is 2.13. The highest BCUT2D eigenvalue weighted by Gasteiger charge is 2.31. The summed E-state index contributed by atoms with van der Waals surface area (Å²) < 4.78 is 0. The van der Waals surface area contributed by atoms with E-state index in [1.54, 1.807) is 0 Å². The summed E-state index contributed by atoms with van der Waals surface area (Å²) in [6.07, 6.45) is 5.60. The van der Waals surface area contributed by atoms with Gasteiger partial charge in [0.15, 0.2) is 0 Å². The van der Waals surface area contributed by atoms with Gasteiger partial charge in [0.1, 0.15) is 0 Å². The van der Waals surface area contributed by atoms with Gasteiger partial charge in [-0.2, -0.15) is 0 Å². The van der Waals surface area contributed by atoms with Crippen molar-refractivity contribution < 1.29 is 0 Å². The summed E-state index contributed by atoms with van der Waals surface area (Å²) in [5, 5.41) is 3.75. The van der Waals surface area contributed by atoms with Crippen LogP contribution in [0.2, 0.25) is 0 Å². The van der Waals surface area contributed by atoms with E-state index in [1.165, 1.54) is 25.7 Å². The van der Waals surface area contributed by atoms with Crippen LogP contribution >= 0.6 is 0 Å². The van der Waals surface area contributed by atoms with Gasteiger partial charge in [0.05, 0.1) is 0 Å². The lowest BCUT2D eigenvalue weighted by Crippen LogP contribution is -2.42. The molecule has 1 aliphatic rings. The molecule has 0 spiro atoms. The third kappa shape index (κ3) is 5.42. The minimum absolute atomic E-state index is 0.441. The average molecular weight is 239 g/mol. The third-order valence-corrected chi connectivity index (χ3v) is 4.08. The summed E-state index contributed by atoms with van der Waals surface area (Å²) in [6, 6.07) is 0.727. The molecule has 0 saturated heterocycles. The van der Waals surface area contributed by atoms with Crippen LogP contribution in [0.4, 0.5) is 0 Å². The molecule has 1 N–H and O–H groups in total. The molecule has 0 aromatic heterocycles. The smallest absolute Gasteiger partial charge is 0.0100 e. The highest BCUT2D eigenvalue weighted by atomic mass is 14.9. The lowest BCUT2D eigenvalue weighted by molar-refractivity contribution is 0.149. The topological polar surface area (TPSA) is 12.0 Å². The maximum atomic E-state index is 3.75. The summed E-state index contributed by atoms with van der Waals surface area (Å²) in [4.78, 5) is 0. The first-order chi connectivity index (χ1) is 7.81. The predicted molar refractivity (Wildman–Crippen MR) is 77.2 cm³/mol. The van der Waals surface area contributed by atoms with Crippen molar-refractivity contribution in [3.63, 3.8) is 0 Å². The summed E-state index contributed by atoms with van der Waals surface area (Å²) in [7, 11) is 0. The van der Waals surface area contributed by atoms with Crippen LogP contribution in [0.5, 0.6) is 0 Å². The summed E-state index contributed by atoms with van der Waals surface area (Å²) in [6.45, 7) is 15.3. The molecule has 0 aromatic rings. The van der Waals surface area contributed by atoms with Crippen LogP contribution in [0, 0.1) is 23.2 Å². The van der Waals surface area contributed by atoms with E-state index >= 15 is 0 Å². The van der Waals surface area contributed by atoms with E-state index in [0.29, 0.717) is 5.41 Å². The second-order valence-corrected chi connectivity index (χ2v) is 7.61. The number of rotatable bonds is 4. The monoisotopic (exact) mass is 239 g/mol. The van der Waals surface area contributed by atoms with Gasteiger partial charge < -0.3 is 5.32 Å². The third-order valence-electron chi connectivity index (χ3n) is 4.08. The van der Waals surface area contributed by atoms with Crippen LogP contribution in [-0.2, 0) is 0 Å². The van der Waals surface area contributed by atoms with Gasteiger partial charge in [0.25, 0.3) is 0 Å². The number of hydrogen-bond acceptors (Lipinski definition) is 1. The van der Waals surface area contributed by atoms with Crippen LogP contribution in [0.3, 0.4) is 0 Å². The van der Waals surface area contributed by atoms with Crippen LogP contribution in [0.25, 0.3) is 0 Å². The zero-order valence-corrected chi connectivity index (χ0v) is 12.8. The second kappa shape index (κ2) is 6.22. The van der Waals surface area contributed by atoms with Gasteiger partial charge in [-0.1, -0.05) is 41.5 Å². The van der Waals surface area contributed by atoms with Gasteiger partial charge in [-0.25, -0.2) is 0 Å². The fraction of sp³-hybridized carbons (Fsp3) is 1.00. The lowest BCUT2D eigenvalue weighted by atomic mass is 9.71. The fourth-order valence-electron chi connectivity index (χ4n) is 3.67.